The van der Waals surface area contributed by atoms with Gasteiger partial charge in [0.15, 0.2) is 0 Å². The minimum absolute atomic E-state index is 0.0224. The van der Waals surface area contributed by atoms with Crippen molar-refractivity contribution in [3.05, 3.63) is 144 Å². The highest BCUT2D eigenvalue weighted by Crippen LogP contribution is 2.39. The molecule has 40 heavy (non-hydrogen) atoms. The Balaban J connectivity index is 1.50. The largest absolute Gasteiger partial charge is 0.508 e. The van der Waals surface area contributed by atoms with Crippen molar-refractivity contribution in [2.24, 2.45) is 0 Å². The Morgan fingerprint density at radius 1 is 0.700 bits per heavy atom. The zero-order valence-corrected chi connectivity index (χ0v) is 21.4. The normalized spacial score (nSPS) is 17.6. The SMILES string of the molecule is Cc1cc([C@H]2C3=CCn4c(=O)n(-c5ccccc5)c(=O)n4[C@@H]3Cn3c(=O)n(-c4ccccc4)c(=O)n32)ccc1O. The molecule has 0 radical (unpaired) electrons. The van der Waals surface area contributed by atoms with E-state index < -0.39 is 34.8 Å². The summed E-state index contributed by atoms with van der Waals surface area (Å²) in [7, 11) is 0. The van der Waals surface area contributed by atoms with Crippen molar-refractivity contribution in [3.8, 4) is 17.1 Å². The van der Waals surface area contributed by atoms with Gasteiger partial charge in [0.05, 0.1) is 30.5 Å². The number of aryl methyl sites for hydroxylation is 1. The predicted molar refractivity (Wildman–Crippen MR) is 147 cm³/mol. The maximum atomic E-state index is 13.9. The van der Waals surface area contributed by atoms with Crippen molar-refractivity contribution in [1.82, 2.24) is 27.9 Å². The van der Waals surface area contributed by atoms with Crippen LogP contribution in [0.15, 0.2) is 110 Å². The third kappa shape index (κ3) is 3.24. The van der Waals surface area contributed by atoms with Gasteiger partial charge in [-0.25, -0.2) is 47.0 Å². The second-order valence-electron chi connectivity index (χ2n) is 9.99. The van der Waals surface area contributed by atoms with Crippen LogP contribution in [0.4, 0.5) is 0 Å². The molecule has 1 N–H and O–H groups in total. The highest BCUT2D eigenvalue weighted by Gasteiger charge is 2.41. The molecule has 0 spiro atoms. The fourth-order valence-corrected chi connectivity index (χ4v) is 5.90. The summed E-state index contributed by atoms with van der Waals surface area (Å²) in [5.74, 6) is 0.102. The molecule has 2 aliphatic heterocycles. The number of benzene rings is 3. The number of allylic oxidation sites excluding steroid dienone is 2. The minimum Gasteiger partial charge on any atom is -0.508 e. The van der Waals surface area contributed by atoms with E-state index in [0.29, 0.717) is 28.1 Å². The van der Waals surface area contributed by atoms with Crippen molar-refractivity contribution in [1.29, 1.82) is 0 Å². The zero-order valence-electron chi connectivity index (χ0n) is 21.4. The lowest BCUT2D eigenvalue weighted by molar-refractivity contribution is 0.246. The van der Waals surface area contributed by atoms with Crippen LogP contribution in [0.25, 0.3) is 11.4 Å². The van der Waals surface area contributed by atoms with Crippen LogP contribution >= 0.6 is 0 Å². The number of nitrogens with zero attached hydrogens (tertiary/aromatic N) is 6. The van der Waals surface area contributed by atoms with Gasteiger partial charge in [0.2, 0.25) is 0 Å². The minimum atomic E-state index is -0.751. The lowest BCUT2D eigenvalue weighted by Crippen LogP contribution is -2.46. The molecule has 0 amide bonds. The first kappa shape index (κ1) is 23.8. The molecule has 2 aliphatic rings. The van der Waals surface area contributed by atoms with Crippen molar-refractivity contribution in [2.75, 3.05) is 0 Å². The van der Waals surface area contributed by atoms with E-state index in [0.717, 1.165) is 9.13 Å². The molecule has 2 atom stereocenters. The number of rotatable bonds is 3. The molecule has 200 valence electrons. The average molecular weight is 537 g/mol. The van der Waals surface area contributed by atoms with Gasteiger partial charge in [-0.2, -0.15) is 0 Å². The van der Waals surface area contributed by atoms with Crippen molar-refractivity contribution >= 4 is 0 Å². The maximum Gasteiger partial charge on any atom is 0.352 e. The van der Waals surface area contributed by atoms with Crippen LogP contribution in [0.5, 0.6) is 5.75 Å². The number of aromatic nitrogens is 6. The number of hydrogen-bond acceptors (Lipinski definition) is 5. The molecule has 0 unspecified atom stereocenters. The molecule has 0 bridgehead atoms. The van der Waals surface area contributed by atoms with Crippen LogP contribution in [0.2, 0.25) is 0 Å². The van der Waals surface area contributed by atoms with E-state index in [2.05, 4.69) is 0 Å². The fraction of sp³-hybridized carbons (Fsp3) is 0.172. The van der Waals surface area contributed by atoms with Crippen LogP contribution in [-0.2, 0) is 13.1 Å². The molecule has 4 heterocycles. The van der Waals surface area contributed by atoms with Crippen LogP contribution in [0, 0.1) is 6.92 Å². The van der Waals surface area contributed by atoms with E-state index in [9.17, 15) is 24.3 Å². The molecule has 0 aliphatic carbocycles. The quantitative estimate of drug-likeness (QED) is 0.353. The monoisotopic (exact) mass is 536 g/mol. The summed E-state index contributed by atoms with van der Waals surface area (Å²) in [6.07, 6.45) is 1.86. The van der Waals surface area contributed by atoms with Gasteiger partial charge in [0.1, 0.15) is 11.8 Å². The first-order valence-corrected chi connectivity index (χ1v) is 12.9. The third-order valence-corrected chi connectivity index (χ3v) is 7.77. The molecule has 7 rings (SSSR count). The summed E-state index contributed by atoms with van der Waals surface area (Å²) in [4.78, 5) is 54.9. The number of para-hydroxylation sites is 2. The van der Waals surface area contributed by atoms with Gasteiger partial charge < -0.3 is 5.11 Å². The van der Waals surface area contributed by atoms with Crippen LogP contribution in [0.1, 0.15) is 23.2 Å². The Hall–Kier alpha value is -5.32. The lowest BCUT2D eigenvalue weighted by Gasteiger charge is -2.37. The fourth-order valence-electron chi connectivity index (χ4n) is 5.90. The van der Waals surface area contributed by atoms with Gasteiger partial charge in [0.25, 0.3) is 0 Å². The number of hydrogen-bond donors (Lipinski definition) is 1. The molecule has 2 aromatic heterocycles. The molecule has 0 saturated carbocycles. The average Bonchev–Trinajstić information content (AvgIpc) is 3.38. The van der Waals surface area contributed by atoms with E-state index in [-0.39, 0.29) is 18.8 Å². The Kier molecular flexibility index (Phi) is 5.11. The Morgan fingerprint density at radius 3 is 1.88 bits per heavy atom. The van der Waals surface area contributed by atoms with Crippen LogP contribution in [-0.4, -0.2) is 33.0 Å². The highest BCUT2D eigenvalue weighted by molar-refractivity contribution is 5.42. The van der Waals surface area contributed by atoms with Crippen molar-refractivity contribution in [3.63, 3.8) is 0 Å². The lowest BCUT2D eigenvalue weighted by atomic mass is 9.89. The van der Waals surface area contributed by atoms with Crippen molar-refractivity contribution < 1.29 is 5.11 Å². The van der Waals surface area contributed by atoms with E-state index >= 15 is 0 Å². The third-order valence-electron chi connectivity index (χ3n) is 7.77. The Bertz CT molecular complexity index is 2070. The Morgan fingerprint density at radius 2 is 1.27 bits per heavy atom. The van der Waals surface area contributed by atoms with E-state index in [1.54, 1.807) is 85.8 Å². The van der Waals surface area contributed by atoms with Crippen LogP contribution in [0.3, 0.4) is 0 Å². The first-order chi connectivity index (χ1) is 19.4. The number of fused-ring (bicyclic) bond motifs is 4. The summed E-state index contributed by atoms with van der Waals surface area (Å²) in [5, 5.41) is 10.2. The summed E-state index contributed by atoms with van der Waals surface area (Å²) >= 11 is 0. The van der Waals surface area contributed by atoms with Crippen molar-refractivity contribution in [2.45, 2.75) is 32.1 Å². The second kappa shape index (κ2) is 8.60. The molecular weight excluding hydrogens is 512 g/mol. The first-order valence-electron chi connectivity index (χ1n) is 12.9. The second-order valence-corrected chi connectivity index (χ2v) is 9.99. The van der Waals surface area contributed by atoms with Gasteiger partial charge in [-0.1, -0.05) is 48.5 Å². The number of phenols is 1. The molecule has 11 nitrogen and oxygen atoms in total. The molecule has 3 aromatic carbocycles. The highest BCUT2D eigenvalue weighted by atomic mass is 16.3. The topological polar surface area (TPSA) is 118 Å². The summed E-state index contributed by atoms with van der Waals surface area (Å²) < 4.78 is 7.76. The summed E-state index contributed by atoms with van der Waals surface area (Å²) in [6.45, 7) is 1.85. The number of aromatic hydroxyl groups is 1. The summed E-state index contributed by atoms with van der Waals surface area (Å²) in [6, 6.07) is 20.9. The molecule has 0 saturated heterocycles. The van der Waals surface area contributed by atoms with Gasteiger partial charge in [-0.3, -0.25) is 0 Å². The zero-order chi connectivity index (χ0) is 27.7. The smallest absolute Gasteiger partial charge is 0.352 e. The molecule has 0 fully saturated rings. The number of phenolic OH excluding ortho intramolecular Hbond substituents is 1. The summed E-state index contributed by atoms with van der Waals surface area (Å²) in [5.41, 5.74) is 0.759. The Labute approximate surface area is 225 Å². The van der Waals surface area contributed by atoms with Gasteiger partial charge in [-0.05, 0) is 60.0 Å². The molecule has 5 aromatic rings. The van der Waals surface area contributed by atoms with E-state index in [4.69, 9.17) is 0 Å². The molecular formula is C29H24N6O5. The predicted octanol–water partition coefficient (Wildman–Crippen LogP) is 1.71. The molecule has 11 heteroatoms. The van der Waals surface area contributed by atoms with Gasteiger partial charge >= 0.3 is 22.8 Å². The van der Waals surface area contributed by atoms with E-state index in [1.165, 1.54) is 18.7 Å². The van der Waals surface area contributed by atoms with Gasteiger partial charge in [-0.15, -0.1) is 0 Å². The van der Waals surface area contributed by atoms with Gasteiger partial charge in [0, 0.05) is 0 Å². The standard InChI is InChI=1S/C29H24N6O5/c1-18-16-19(12-13-24(18)36)25-22-14-15-30-26(37)32(20-8-4-2-5-9-20)28(39)34(30)23(22)17-31-27(38)33(29(40)35(25)31)21-10-6-3-7-11-21/h2-14,16,23,25,36H,15,17H2,1H3/t23-,25+/m1/s1. The maximum absolute atomic E-state index is 13.9. The van der Waals surface area contributed by atoms with Crippen LogP contribution < -0.4 is 22.8 Å². The van der Waals surface area contributed by atoms with E-state index in [1.807, 2.05) is 6.08 Å².